The number of ether oxygens (including phenoxy) is 1. The number of nitrogens with two attached hydrogens (primary N) is 1. The first-order valence-electron chi connectivity index (χ1n) is 5.52. The van der Waals surface area contributed by atoms with Crippen LogP contribution in [-0.2, 0) is 0 Å². The minimum absolute atomic E-state index is 0.463. The molecule has 0 atom stereocenters. The summed E-state index contributed by atoms with van der Waals surface area (Å²) in [6.45, 7) is 0. The van der Waals surface area contributed by atoms with E-state index in [1.54, 1.807) is 13.2 Å². The highest BCUT2D eigenvalue weighted by Crippen LogP contribution is 2.23. The first kappa shape index (κ1) is 10.6. The van der Waals surface area contributed by atoms with E-state index in [0.29, 0.717) is 11.6 Å². The van der Waals surface area contributed by atoms with Crippen LogP contribution in [0.15, 0.2) is 42.7 Å². The van der Waals surface area contributed by atoms with Gasteiger partial charge in [0.05, 0.1) is 12.8 Å². The van der Waals surface area contributed by atoms with Crippen LogP contribution in [-0.4, -0.2) is 21.5 Å². The lowest BCUT2D eigenvalue weighted by molar-refractivity contribution is 0.415. The van der Waals surface area contributed by atoms with Crippen molar-refractivity contribution in [1.29, 1.82) is 0 Å². The summed E-state index contributed by atoms with van der Waals surface area (Å²) in [5.41, 5.74) is 7.46. The number of methoxy groups -OCH3 is 1. The maximum Gasteiger partial charge on any atom is 0.236 e. The van der Waals surface area contributed by atoms with Crippen molar-refractivity contribution in [1.82, 2.24) is 14.4 Å². The average Bonchev–Trinajstić information content (AvgIpc) is 2.81. The summed E-state index contributed by atoms with van der Waals surface area (Å²) in [4.78, 5) is 8.60. The highest BCUT2D eigenvalue weighted by atomic mass is 16.5. The van der Waals surface area contributed by atoms with E-state index in [4.69, 9.17) is 10.5 Å². The molecule has 3 rings (SSSR count). The predicted octanol–water partition coefficient (Wildman–Crippen LogP) is 1.99. The minimum atomic E-state index is 0.463. The number of benzene rings is 1. The summed E-state index contributed by atoms with van der Waals surface area (Å²) in [6, 6.07) is 9.48. The van der Waals surface area contributed by atoms with Crippen molar-refractivity contribution < 1.29 is 4.74 Å². The number of hydrogen-bond donors (Lipinski definition) is 1. The molecule has 0 aliphatic carbocycles. The van der Waals surface area contributed by atoms with Crippen LogP contribution in [0.1, 0.15) is 0 Å². The van der Waals surface area contributed by atoms with Crippen molar-refractivity contribution in [2.75, 3.05) is 12.8 Å². The van der Waals surface area contributed by atoms with Crippen LogP contribution in [0.25, 0.3) is 17.0 Å². The summed E-state index contributed by atoms with van der Waals surface area (Å²) in [7, 11) is 1.64. The highest BCUT2D eigenvalue weighted by Gasteiger charge is 2.06. The Morgan fingerprint density at radius 2 is 2.11 bits per heavy atom. The quantitative estimate of drug-likeness (QED) is 0.744. The molecule has 0 bridgehead atoms. The molecule has 0 aliphatic rings. The summed E-state index contributed by atoms with van der Waals surface area (Å²) >= 11 is 0. The van der Waals surface area contributed by atoms with Gasteiger partial charge in [-0.1, -0.05) is 12.1 Å². The van der Waals surface area contributed by atoms with E-state index >= 15 is 0 Å². The summed E-state index contributed by atoms with van der Waals surface area (Å²) in [6.07, 6.45) is 3.75. The van der Waals surface area contributed by atoms with Crippen molar-refractivity contribution in [3.8, 4) is 17.0 Å². The number of hydrogen-bond acceptors (Lipinski definition) is 4. The maximum absolute atomic E-state index is 5.63. The smallest absolute Gasteiger partial charge is 0.236 e. The number of rotatable bonds is 2. The molecule has 0 amide bonds. The van der Waals surface area contributed by atoms with Crippen LogP contribution in [0, 0.1) is 0 Å². The molecule has 0 unspecified atom stereocenters. The Hall–Kier alpha value is -2.56. The predicted molar refractivity (Wildman–Crippen MR) is 69.4 cm³/mol. The van der Waals surface area contributed by atoms with Crippen LogP contribution in [0.5, 0.6) is 5.75 Å². The molecule has 3 aromatic rings. The van der Waals surface area contributed by atoms with Gasteiger partial charge >= 0.3 is 0 Å². The SMILES string of the molecule is COc1cccc(-c2cn3ccc(N)nc3n2)c1. The van der Waals surface area contributed by atoms with Gasteiger partial charge in [-0.2, -0.15) is 4.98 Å². The minimum Gasteiger partial charge on any atom is -0.497 e. The normalized spacial score (nSPS) is 10.7. The second kappa shape index (κ2) is 4.03. The summed E-state index contributed by atoms with van der Waals surface area (Å²) in [5.74, 6) is 1.86. The van der Waals surface area contributed by atoms with Gasteiger partial charge in [0.2, 0.25) is 5.78 Å². The third-order valence-corrected chi connectivity index (χ3v) is 2.71. The monoisotopic (exact) mass is 240 g/mol. The van der Waals surface area contributed by atoms with Crippen molar-refractivity contribution in [2.24, 2.45) is 0 Å². The molecule has 0 saturated carbocycles. The van der Waals surface area contributed by atoms with Crippen molar-refractivity contribution in [3.63, 3.8) is 0 Å². The lowest BCUT2D eigenvalue weighted by Crippen LogP contribution is -1.93. The zero-order chi connectivity index (χ0) is 12.5. The second-order valence-corrected chi connectivity index (χ2v) is 3.92. The summed E-state index contributed by atoms with van der Waals surface area (Å²) in [5, 5.41) is 0. The zero-order valence-electron chi connectivity index (χ0n) is 9.87. The third kappa shape index (κ3) is 1.75. The van der Waals surface area contributed by atoms with Crippen LogP contribution in [0.2, 0.25) is 0 Å². The third-order valence-electron chi connectivity index (χ3n) is 2.71. The van der Waals surface area contributed by atoms with E-state index in [-0.39, 0.29) is 0 Å². The largest absolute Gasteiger partial charge is 0.497 e. The van der Waals surface area contributed by atoms with Crippen LogP contribution in [0.3, 0.4) is 0 Å². The first-order valence-corrected chi connectivity index (χ1v) is 5.52. The highest BCUT2D eigenvalue weighted by molar-refractivity contribution is 5.63. The standard InChI is InChI=1S/C13H12N4O/c1-18-10-4-2-3-9(7-10)11-8-17-6-5-12(14)16-13(17)15-11/h2-8H,1H3,(H2,14,15,16). The molecule has 0 saturated heterocycles. The van der Waals surface area contributed by atoms with Gasteiger partial charge in [-0.05, 0) is 18.2 Å². The van der Waals surface area contributed by atoms with Crippen molar-refractivity contribution in [3.05, 3.63) is 42.7 Å². The Kier molecular flexibility index (Phi) is 2.37. The molecule has 90 valence electrons. The second-order valence-electron chi connectivity index (χ2n) is 3.92. The van der Waals surface area contributed by atoms with Crippen LogP contribution < -0.4 is 10.5 Å². The van der Waals surface area contributed by atoms with E-state index in [9.17, 15) is 0 Å². The molecule has 2 heterocycles. The Bertz CT molecular complexity index is 705. The Morgan fingerprint density at radius 3 is 2.94 bits per heavy atom. The van der Waals surface area contributed by atoms with Crippen LogP contribution in [0.4, 0.5) is 5.82 Å². The van der Waals surface area contributed by atoms with E-state index in [0.717, 1.165) is 17.0 Å². The molecule has 5 nitrogen and oxygen atoms in total. The fourth-order valence-electron chi connectivity index (χ4n) is 1.81. The molecule has 2 aromatic heterocycles. The first-order chi connectivity index (χ1) is 8.76. The lowest BCUT2D eigenvalue weighted by atomic mass is 10.1. The molecule has 5 heteroatoms. The molecule has 18 heavy (non-hydrogen) atoms. The number of aromatic nitrogens is 3. The van der Waals surface area contributed by atoms with Gasteiger partial charge in [0.15, 0.2) is 0 Å². The van der Waals surface area contributed by atoms with E-state index in [2.05, 4.69) is 9.97 Å². The van der Waals surface area contributed by atoms with Crippen LogP contribution >= 0.6 is 0 Å². The number of nitrogens with zero attached hydrogens (tertiary/aromatic N) is 3. The van der Waals surface area contributed by atoms with Crippen molar-refractivity contribution in [2.45, 2.75) is 0 Å². The van der Waals surface area contributed by atoms with Gasteiger partial charge in [0, 0.05) is 18.0 Å². The molecule has 0 spiro atoms. The number of imidazole rings is 1. The topological polar surface area (TPSA) is 65.4 Å². The van der Waals surface area contributed by atoms with E-state index in [1.165, 1.54) is 0 Å². The van der Waals surface area contributed by atoms with E-state index in [1.807, 2.05) is 41.1 Å². The van der Waals surface area contributed by atoms with Gasteiger partial charge in [-0.3, -0.25) is 4.40 Å². The Labute approximate surface area is 104 Å². The fourth-order valence-corrected chi connectivity index (χ4v) is 1.81. The van der Waals surface area contributed by atoms with Gasteiger partial charge in [-0.25, -0.2) is 4.98 Å². The van der Waals surface area contributed by atoms with E-state index < -0.39 is 0 Å². The molecule has 1 aromatic carbocycles. The molecule has 0 aliphatic heterocycles. The molecular formula is C13H12N4O. The molecule has 0 radical (unpaired) electrons. The molecule has 2 N–H and O–H groups in total. The van der Waals surface area contributed by atoms with Gasteiger partial charge in [0.1, 0.15) is 11.6 Å². The molecular weight excluding hydrogens is 228 g/mol. The zero-order valence-corrected chi connectivity index (χ0v) is 9.87. The van der Waals surface area contributed by atoms with Gasteiger partial charge in [0.25, 0.3) is 0 Å². The number of fused-ring (bicyclic) bond motifs is 1. The maximum atomic E-state index is 5.63. The lowest BCUT2D eigenvalue weighted by Gasteiger charge is -2.00. The number of anilines is 1. The van der Waals surface area contributed by atoms with Crippen molar-refractivity contribution >= 4 is 11.6 Å². The van der Waals surface area contributed by atoms with Gasteiger partial charge < -0.3 is 10.5 Å². The average molecular weight is 240 g/mol. The Balaban J connectivity index is 2.13. The summed E-state index contributed by atoms with van der Waals surface area (Å²) < 4.78 is 7.04. The van der Waals surface area contributed by atoms with Gasteiger partial charge in [-0.15, -0.1) is 0 Å². The fraction of sp³-hybridized carbons (Fsp3) is 0.0769. The molecule has 0 fully saturated rings. The number of nitrogen functional groups attached to an aromatic ring is 1. The Morgan fingerprint density at radius 1 is 1.22 bits per heavy atom.